The van der Waals surface area contributed by atoms with Gasteiger partial charge in [0, 0.05) is 5.69 Å². The van der Waals surface area contributed by atoms with Gasteiger partial charge in [-0.1, -0.05) is 0 Å². The molecule has 0 aliphatic heterocycles. The van der Waals surface area contributed by atoms with Crippen LogP contribution in [0.3, 0.4) is 0 Å². The molecule has 0 aromatic heterocycles. The Morgan fingerprint density at radius 1 is 1.12 bits per heavy atom. The predicted octanol–water partition coefficient (Wildman–Crippen LogP) is -0.751. The maximum atomic E-state index is 10.9. The molecule has 0 heterocycles. The summed E-state index contributed by atoms with van der Waals surface area (Å²) in [7, 11) is -8.14. The molecule has 0 amide bonds. The summed E-state index contributed by atoms with van der Waals surface area (Å²) in [6, 6.07) is 5.03. The highest BCUT2D eigenvalue weighted by atomic mass is 32.2. The lowest BCUT2D eigenvalue weighted by Crippen LogP contribution is -2.14. The monoisotopic (exact) mass is 265 g/mol. The molecule has 0 fully saturated rings. The summed E-state index contributed by atoms with van der Waals surface area (Å²) in [6.07, 6.45) is 0. The fraction of sp³-hybridized carbons (Fsp3) is 0.143. The van der Waals surface area contributed by atoms with E-state index in [1.54, 1.807) is 0 Å². The molecule has 3 N–H and O–H groups in total. The van der Waals surface area contributed by atoms with Crippen LogP contribution in [0.1, 0.15) is 0 Å². The van der Waals surface area contributed by atoms with Crippen LogP contribution in [0.2, 0.25) is 0 Å². The van der Waals surface area contributed by atoms with Gasteiger partial charge in [-0.25, -0.2) is 22.0 Å². The fourth-order valence-electron chi connectivity index (χ4n) is 0.934. The molecular weight excluding hydrogens is 256 g/mol. The highest BCUT2D eigenvalue weighted by molar-refractivity contribution is 7.89. The van der Waals surface area contributed by atoms with Crippen molar-refractivity contribution in [3.63, 3.8) is 0 Å². The number of benzene rings is 1. The first kappa shape index (κ1) is 12.9. The highest BCUT2D eigenvalue weighted by Crippen LogP contribution is 2.12. The van der Waals surface area contributed by atoms with E-state index >= 15 is 0 Å². The van der Waals surface area contributed by atoms with Crippen LogP contribution in [0.25, 0.3) is 0 Å². The summed E-state index contributed by atoms with van der Waals surface area (Å²) in [5.41, 5.74) is 0.312. The third kappa shape index (κ3) is 4.14. The quantitative estimate of drug-likeness (QED) is 0.689. The number of hydrogen-bond donors (Lipinski definition) is 2. The zero-order valence-corrected chi connectivity index (χ0v) is 9.58. The molecule has 9 heteroatoms. The van der Waals surface area contributed by atoms with Gasteiger partial charge in [0.25, 0.3) is 0 Å². The minimum Gasteiger partial charge on any atom is -0.747 e. The minimum atomic E-state index is -4.36. The van der Waals surface area contributed by atoms with Crippen LogP contribution >= 0.6 is 0 Å². The predicted molar refractivity (Wildman–Crippen MR) is 56.0 cm³/mol. The summed E-state index contributed by atoms with van der Waals surface area (Å²) in [6.45, 7) is 0. The number of hydrogen-bond acceptors (Lipinski definition) is 6. The van der Waals surface area contributed by atoms with E-state index in [-0.39, 0.29) is 4.90 Å². The third-order valence-electron chi connectivity index (χ3n) is 1.64. The van der Waals surface area contributed by atoms with Crippen molar-refractivity contribution in [2.24, 2.45) is 5.14 Å². The fourth-order valence-corrected chi connectivity index (χ4v) is 1.79. The smallest absolute Gasteiger partial charge is 0.238 e. The van der Waals surface area contributed by atoms with Crippen molar-refractivity contribution in [1.29, 1.82) is 0 Å². The van der Waals surface area contributed by atoms with Crippen molar-refractivity contribution >= 4 is 25.8 Å². The van der Waals surface area contributed by atoms with E-state index in [0.717, 1.165) is 0 Å². The maximum Gasteiger partial charge on any atom is 0.238 e. The van der Waals surface area contributed by atoms with Gasteiger partial charge in [-0.05, 0) is 24.3 Å². The Labute approximate surface area is 93.1 Å². The molecule has 0 saturated heterocycles. The molecule has 1 rings (SSSR count). The van der Waals surface area contributed by atoms with Gasteiger partial charge in [0.05, 0.1) is 4.90 Å². The Hall–Kier alpha value is -1.16. The standard InChI is InChI=1S/C7H10N2O5S2/c8-16(13,14)7-3-1-6(2-4-7)9-5-15(10,11)12/h1-4,9H,5H2,(H2,8,13,14)(H,10,11,12)/p-1. The Balaban J connectivity index is 2.81. The molecule has 90 valence electrons. The second kappa shape index (κ2) is 4.37. The topological polar surface area (TPSA) is 129 Å². The van der Waals surface area contributed by atoms with Gasteiger partial charge in [0.1, 0.15) is 16.0 Å². The van der Waals surface area contributed by atoms with Gasteiger partial charge in [-0.3, -0.25) is 0 Å². The van der Waals surface area contributed by atoms with Crippen molar-refractivity contribution in [2.75, 3.05) is 11.2 Å². The first-order chi connectivity index (χ1) is 7.18. The molecule has 0 saturated carbocycles. The molecule has 0 bridgehead atoms. The van der Waals surface area contributed by atoms with E-state index in [1.807, 2.05) is 0 Å². The Morgan fingerprint density at radius 3 is 2.00 bits per heavy atom. The number of sulfonamides is 1. The molecular formula is C7H9N2O5S2-. The van der Waals surface area contributed by atoms with E-state index in [1.165, 1.54) is 24.3 Å². The van der Waals surface area contributed by atoms with Gasteiger partial charge in [0.15, 0.2) is 0 Å². The number of primary sulfonamides is 1. The van der Waals surface area contributed by atoms with Crippen molar-refractivity contribution in [3.8, 4) is 0 Å². The molecule has 0 atom stereocenters. The zero-order chi connectivity index (χ0) is 12.4. The van der Waals surface area contributed by atoms with E-state index < -0.39 is 26.0 Å². The van der Waals surface area contributed by atoms with E-state index in [9.17, 15) is 21.4 Å². The summed E-state index contributed by atoms with van der Waals surface area (Å²) >= 11 is 0. The lowest BCUT2D eigenvalue weighted by atomic mass is 10.3. The third-order valence-corrected chi connectivity index (χ3v) is 3.06. The number of nitrogens with two attached hydrogens (primary N) is 1. The van der Waals surface area contributed by atoms with Gasteiger partial charge in [-0.2, -0.15) is 0 Å². The van der Waals surface area contributed by atoms with Gasteiger partial charge in [0.2, 0.25) is 10.0 Å². The van der Waals surface area contributed by atoms with Crippen LogP contribution < -0.4 is 10.5 Å². The largest absolute Gasteiger partial charge is 0.747 e. The van der Waals surface area contributed by atoms with E-state index in [4.69, 9.17) is 5.14 Å². The molecule has 0 unspecified atom stereocenters. The van der Waals surface area contributed by atoms with Gasteiger partial charge < -0.3 is 9.87 Å². The van der Waals surface area contributed by atoms with Crippen molar-refractivity contribution in [2.45, 2.75) is 4.90 Å². The number of rotatable bonds is 4. The molecule has 0 aliphatic rings. The van der Waals surface area contributed by atoms with Crippen LogP contribution in [-0.4, -0.2) is 27.3 Å². The lowest BCUT2D eigenvalue weighted by Gasteiger charge is -2.09. The number of anilines is 1. The molecule has 0 spiro atoms. The Morgan fingerprint density at radius 2 is 1.62 bits per heavy atom. The number of nitrogens with one attached hydrogen (secondary N) is 1. The summed E-state index contributed by atoms with van der Waals surface area (Å²) in [5.74, 6) is -0.762. The highest BCUT2D eigenvalue weighted by Gasteiger charge is 2.06. The second-order valence-corrected chi connectivity index (χ2v) is 5.91. The summed E-state index contributed by atoms with van der Waals surface area (Å²) < 4.78 is 52.6. The zero-order valence-electron chi connectivity index (χ0n) is 7.95. The average molecular weight is 265 g/mol. The van der Waals surface area contributed by atoms with Crippen LogP contribution in [0.15, 0.2) is 29.2 Å². The van der Waals surface area contributed by atoms with E-state index in [2.05, 4.69) is 5.32 Å². The molecule has 1 aromatic carbocycles. The SMILES string of the molecule is NS(=O)(=O)c1ccc(NCS(=O)(=O)[O-])cc1. The normalized spacial score (nSPS) is 12.4. The van der Waals surface area contributed by atoms with Crippen molar-refractivity contribution < 1.29 is 21.4 Å². The van der Waals surface area contributed by atoms with Crippen LogP contribution in [0.5, 0.6) is 0 Å². The van der Waals surface area contributed by atoms with Gasteiger partial charge in [-0.15, -0.1) is 0 Å². The second-order valence-electron chi connectivity index (χ2n) is 2.95. The van der Waals surface area contributed by atoms with Crippen LogP contribution in [-0.2, 0) is 20.1 Å². The lowest BCUT2D eigenvalue weighted by molar-refractivity contribution is 0.465. The first-order valence-corrected chi connectivity index (χ1v) is 7.11. The first-order valence-electron chi connectivity index (χ1n) is 3.99. The minimum absolute atomic E-state index is 0.0944. The maximum absolute atomic E-state index is 10.9. The Bertz CT molecular complexity index is 561. The van der Waals surface area contributed by atoms with Crippen molar-refractivity contribution in [3.05, 3.63) is 24.3 Å². The Kier molecular flexibility index (Phi) is 3.53. The van der Waals surface area contributed by atoms with Crippen LogP contribution in [0, 0.1) is 0 Å². The molecule has 0 aliphatic carbocycles. The summed E-state index contributed by atoms with van der Waals surface area (Å²) in [5, 5.41) is 7.18. The summed E-state index contributed by atoms with van der Waals surface area (Å²) in [4.78, 5) is -0.0944. The van der Waals surface area contributed by atoms with E-state index in [0.29, 0.717) is 5.69 Å². The van der Waals surface area contributed by atoms with Crippen molar-refractivity contribution in [1.82, 2.24) is 0 Å². The van der Waals surface area contributed by atoms with Gasteiger partial charge >= 0.3 is 0 Å². The molecule has 16 heavy (non-hydrogen) atoms. The molecule has 1 aromatic rings. The average Bonchev–Trinajstić information content (AvgIpc) is 2.13. The van der Waals surface area contributed by atoms with Crippen LogP contribution in [0.4, 0.5) is 5.69 Å². The molecule has 0 radical (unpaired) electrons. The molecule has 7 nitrogen and oxygen atoms in total.